The number of urea groups is 1. The van der Waals surface area contributed by atoms with Crippen molar-refractivity contribution in [1.82, 2.24) is 0 Å². The van der Waals surface area contributed by atoms with E-state index in [0.717, 1.165) is 49.5 Å². The summed E-state index contributed by atoms with van der Waals surface area (Å²) in [7, 11) is 4.68. The van der Waals surface area contributed by atoms with Crippen LogP contribution in [0.3, 0.4) is 0 Å². The lowest BCUT2D eigenvalue weighted by Crippen LogP contribution is -2.42. The van der Waals surface area contributed by atoms with E-state index >= 15 is 0 Å². The van der Waals surface area contributed by atoms with Crippen LogP contribution in [0, 0.1) is 11.7 Å². The number of anilines is 3. The number of ether oxygens (including phenoxy) is 3. The van der Waals surface area contributed by atoms with Crippen molar-refractivity contribution < 1.29 is 28.2 Å². The number of rotatable bonds is 12. The zero-order valence-corrected chi connectivity index (χ0v) is 24.7. The Labute approximate surface area is 241 Å². The molecule has 1 fully saturated rings. The first kappa shape index (κ1) is 31.6. The molecule has 40 heavy (non-hydrogen) atoms. The van der Waals surface area contributed by atoms with E-state index in [9.17, 15) is 14.0 Å². The Hall–Kier alpha value is -2.88. The van der Waals surface area contributed by atoms with Gasteiger partial charge < -0.3 is 29.7 Å². The van der Waals surface area contributed by atoms with E-state index in [1.165, 1.54) is 19.2 Å². The molecule has 220 valence electrons. The van der Waals surface area contributed by atoms with Gasteiger partial charge in [0.05, 0.1) is 43.3 Å². The first-order chi connectivity index (χ1) is 19.1. The van der Waals surface area contributed by atoms with Gasteiger partial charge in [0, 0.05) is 37.7 Å². The molecule has 2 N–H and O–H groups in total. The van der Waals surface area contributed by atoms with Crippen LogP contribution in [0.2, 0.25) is 5.02 Å². The topological polar surface area (TPSA) is 89.1 Å². The van der Waals surface area contributed by atoms with Crippen molar-refractivity contribution in [3.8, 4) is 0 Å². The minimum atomic E-state index is -0.633. The number of halogens is 2. The number of nitrogens with zero attached hydrogens (tertiary/aromatic N) is 1. The monoisotopic (exact) mass is 577 g/mol. The average molecular weight is 578 g/mol. The van der Waals surface area contributed by atoms with Crippen LogP contribution in [0.4, 0.5) is 26.2 Å². The van der Waals surface area contributed by atoms with E-state index in [4.69, 9.17) is 25.8 Å². The zero-order chi connectivity index (χ0) is 29.2. The first-order valence-corrected chi connectivity index (χ1v) is 14.0. The molecule has 3 rings (SSSR count). The maximum atomic E-state index is 14.4. The molecule has 1 unspecified atom stereocenters. The van der Waals surface area contributed by atoms with Gasteiger partial charge in [0.1, 0.15) is 5.82 Å². The number of nitrogens with one attached hydrogen (secondary N) is 2. The van der Waals surface area contributed by atoms with Gasteiger partial charge in [0.2, 0.25) is 0 Å². The minimum absolute atomic E-state index is 0.0134. The Balaban J connectivity index is 1.99. The summed E-state index contributed by atoms with van der Waals surface area (Å²) >= 11 is 5.87. The number of hydrogen-bond donors (Lipinski definition) is 2. The van der Waals surface area contributed by atoms with Gasteiger partial charge in [-0.2, -0.15) is 0 Å². The molecule has 1 saturated carbocycles. The number of hydrogen-bond acceptors (Lipinski definition) is 6. The number of amides is 2. The van der Waals surface area contributed by atoms with Crippen LogP contribution in [0.25, 0.3) is 0 Å². The van der Waals surface area contributed by atoms with Crippen molar-refractivity contribution in [2.45, 2.75) is 64.0 Å². The SMILES string of the molecule is COCC(CC(=O)OC)c1ccc(N(CC(C)C)[C@H]2CC[C@@H](OC)CC2)c(NC(=O)Nc2ccc(Cl)cc2F)c1. The number of carbonyl (C=O) groups excluding carboxylic acids is 2. The Morgan fingerprint density at radius 3 is 2.33 bits per heavy atom. The third-order valence-electron chi connectivity index (χ3n) is 7.22. The fourth-order valence-electron chi connectivity index (χ4n) is 5.21. The Bertz CT molecular complexity index is 1140. The quantitative estimate of drug-likeness (QED) is 0.269. The van der Waals surface area contributed by atoms with Crippen LogP contribution < -0.4 is 15.5 Å². The van der Waals surface area contributed by atoms with Crippen LogP contribution >= 0.6 is 11.6 Å². The summed E-state index contributed by atoms with van der Waals surface area (Å²) in [6, 6.07) is 9.57. The van der Waals surface area contributed by atoms with E-state index < -0.39 is 11.8 Å². The molecular weight excluding hydrogens is 537 g/mol. The van der Waals surface area contributed by atoms with Gasteiger partial charge >= 0.3 is 12.0 Å². The predicted molar refractivity (Wildman–Crippen MR) is 157 cm³/mol. The van der Waals surface area contributed by atoms with Gasteiger partial charge in [-0.15, -0.1) is 0 Å². The molecule has 1 atom stereocenters. The third kappa shape index (κ3) is 8.81. The molecule has 0 aromatic heterocycles. The maximum absolute atomic E-state index is 14.4. The van der Waals surface area contributed by atoms with Gasteiger partial charge in [-0.1, -0.05) is 31.5 Å². The Morgan fingerprint density at radius 1 is 1.02 bits per heavy atom. The summed E-state index contributed by atoms with van der Waals surface area (Å²) in [6.45, 7) is 5.41. The highest BCUT2D eigenvalue weighted by Gasteiger charge is 2.29. The third-order valence-corrected chi connectivity index (χ3v) is 7.45. The number of esters is 1. The highest BCUT2D eigenvalue weighted by Crippen LogP contribution is 2.37. The van der Waals surface area contributed by atoms with E-state index in [-0.39, 0.29) is 41.2 Å². The largest absolute Gasteiger partial charge is 0.469 e. The van der Waals surface area contributed by atoms with Gasteiger partial charge in [-0.25, -0.2) is 9.18 Å². The molecule has 0 saturated heterocycles. The van der Waals surface area contributed by atoms with Gasteiger partial charge in [-0.3, -0.25) is 4.79 Å². The first-order valence-electron chi connectivity index (χ1n) is 13.7. The molecule has 0 bridgehead atoms. The van der Waals surface area contributed by atoms with Gasteiger partial charge in [-0.05, 0) is 67.5 Å². The molecule has 2 amide bonds. The number of benzene rings is 2. The number of methoxy groups -OCH3 is 3. The zero-order valence-electron chi connectivity index (χ0n) is 24.0. The van der Waals surface area contributed by atoms with Crippen LogP contribution in [-0.2, 0) is 19.0 Å². The normalized spacial score (nSPS) is 17.8. The molecule has 8 nitrogen and oxygen atoms in total. The molecule has 0 aliphatic heterocycles. The standard InChI is InChI=1S/C30H41ClFN3O5/c1-19(2)17-35(23-8-10-24(39-4)11-9-23)28-13-6-20(21(18-38-3)15-29(36)40-5)14-27(28)34-30(37)33-26-12-7-22(31)16-25(26)32/h6-7,12-14,16,19,21,23-24H,8-11,15,17-18H2,1-5H3,(H2,33,34,37)/t21?,23-,24+. The van der Waals surface area contributed by atoms with Gasteiger partial charge in [0.15, 0.2) is 0 Å². The van der Waals surface area contributed by atoms with Crippen LogP contribution in [-0.4, -0.2) is 58.6 Å². The summed E-state index contributed by atoms with van der Waals surface area (Å²) in [4.78, 5) is 27.6. The molecule has 0 spiro atoms. The van der Waals surface area contributed by atoms with Gasteiger partial charge in [0.25, 0.3) is 0 Å². The van der Waals surface area contributed by atoms with Crippen molar-refractivity contribution in [1.29, 1.82) is 0 Å². The lowest BCUT2D eigenvalue weighted by atomic mass is 9.90. The summed E-state index contributed by atoms with van der Waals surface area (Å²) in [5.41, 5.74) is 2.25. The predicted octanol–water partition coefficient (Wildman–Crippen LogP) is 6.84. The van der Waals surface area contributed by atoms with Crippen molar-refractivity contribution in [2.75, 3.05) is 50.0 Å². The maximum Gasteiger partial charge on any atom is 0.323 e. The number of carbonyl (C=O) groups is 2. The summed E-state index contributed by atoms with van der Waals surface area (Å²) in [5, 5.41) is 5.77. The highest BCUT2D eigenvalue weighted by molar-refractivity contribution is 6.30. The Kier molecular flexibility index (Phi) is 12.0. The minimum Gasteiger partial charge on any atom is -0.469 e. The van der Waals surface area contributed by atoms with E-state index in [2.05, 4.69) is 29.4 Å². The highest BCUT2D eigenvalue weighted by atomic mass is 35.5. The molecule has 1 aliphatic carbocycles. The van der Waals surface area contributed by atoms with E-state index in [1.54, 1.807) is 14.2 Å². The average Bonchev–Trinajstić information content (AvgIpc) is 2.93. The second kappa shape index (κ2) is 15.2. The fraction of sp³-hybridized carbons (Fsp3) is 0.533. The molecule has 0 heterocycles. The fourth-order valence-corrected chi connectivity index (χ4v) is 5.37. The second-order valence-electron chi connectivity index (χ2n) is 10.6. The summed E-state index contributed by atoms with van der Waals surface area (Å²) in [6.07, 6.45) is 4.23. The molecule has 0 radical (unpaired) electrons. The van der Waals surface area contributed by atoms with Crippen LogP contribution in [0.5, 0.6) is 0 Å². The Morgan fingerprint density at radius 2 is 1.73 bits per heavy atom. The second-order valence-corrected chi connectivity index (χ2v) is 11.1. The molecule has 10 heteroatoms. The van der Waals surface area contributed by atoms with Crippen molar-refractivity contribution in [2.24, 2.45) is 5.92 Å². The summed E-state index contributed by atoms with van der Waals surface area (Å²) in [5.74, 6) is -0.899. The van der Waals surface area contributed by atoms with Crippen LogP contribution in [0.1, 0.15) is 57.4 Å². The van der Waals surface area contributed by atoms with E-state index in [0.29, 0.717) is 18.2 Å². The molecule has 2 aromatic rings. The van der Waals surface area contributed by atoms with Crippen molar-refractivity contribution in [3.05, 3.63) is 52.8 Å². The molecule has 1 aliphatic rings. The lowest BCUT2D eigenvalue weighted by Gasteiger charge is -2.40. The lowest BCUT2D eigenvalue weighted by molar-refractivity contribution is -0.141. The smallest absolute Gasteiger partial charge is 0.323 e. The van der Waals surface area contributed by atoms with E-state index in [1.807, 2.05) is 18.2 Å². The summed E-state index contributed by atoms with van der Waals surface area (Å²) < 4.78 is 30.3. The van der Waals surface area contributed by atoms with Crippen molar-refractivity contribution in [3.63, 3.8) is 0 Å². The van der Waals surface area contributed by atoms with Crippen molar-refractivity contribution >= 4 is 40.7 Å². The molecule has 2 aromatic carbocycles. The molecular formula is C30H41ClFN3O5. The van der Waals surface area contributed by atoms with Crippen LogP contribution in [0.15, 0.2) is 36.4 Å².